The van der Waals surface area contributed by atoms with Gasteiger partial charge in [-0.15, -0.1) is 0 Å². The molecule has 0 amide bonds. The van der Waals surface area contributed by atoms with Crippen LogP contribution in [0.5, 0.6) is 0 Å². The van der Waals surface area contributed by atoms with Crippen LogP contribution in [-0.4, -0.2) is 9.97 Å². The molecule has 0 saturated carbocycles. The van der Waals surface area contributed by atoms with E-state index in [1.54, 1.807) is 18.2 Å². The lowest BCUT2D eigenvalue weighted by Crippen LogP contribution is -1.88. The summed E-state index contributed by atoms with van der Waals surface area (Å²) in [7, 11) is 0. The van der Waals surface area contributed by atoms with Crippen LogP contribution in [0.25, 0.3) is 99.0 Å². The topological polar surface area (TPSA) is 38.9 Å². The van der Waals surface area contributed by atoms with Crippen molar-refractivity contribution in [3.8, 4) is 44.6 Å². The van der Waals surface area contributed by atoms with E-state index in [-0.39, 0.29) is 16.7 Å². The van der Waals surface area contributed by atoms with Crippen LogP contribution in [0.3, 0.4) is 0 Å². The molecule has 3 nitrogen and oxygen atoms in total. The van der Waals surface area contributed by atoms with Gasteiger partial charge in [-0.2, -0.15) is 0 Å². The number of hydrogen-bond donors (Lipinski definition) is 0. The Labute approximate surface area is 295 Å². The fourth-order valence-corrected chi connectivity index (χ4v) is 6.83. The highest BCUT2D eigenvalue weighted by Gasteiger charge is 2.17. The van der Waals surface area contributed by atoms with Gasteiger partial charge in [0, 0.05) is 10.9 Å². The number of fused-ring (bicyclic) bond motifs is 9. The minimum Gasteiger partial charge on any atom is -0.452 e. The summed E-state index contributed by atoms with van der Waals surface area (Å²) >= 11 is 0. The van der Waals surface area contributed by atoms with E-state index in [0.29, 0.717) is 33.3 Å². The fraction of sp³-hybridized carbons (Fsp3) is 0. The van der Waals surface area contributed by atoms with Crippen molar-refractivity contribution in [2.24, 2.45) is 0 Å². The van der Waals surface area contributed by atoms with Gasteiger partial charge in [-0.25, -0.2) is 9.97 Å². The summed E-state index contributed by atoms with van der Waals surface area (Å²) in [5.74, 6) is 0. The predicted molar refractivity (Wildman–Crippen MR) is 204 cm³/mol. The molecule has 0 saturated heterocycles. The molecule has 0 aliphatic rings. The van der Waals surface area contributed by atoms with Crippen LogP contribution in [0.15, 0.2) is 174 Å². The van der Waals surface area contributed by atoms with Gasteiger partial charge in [0.1, 0.15) is 23.1 Å². The van der Waals surface area contributed by atoms with E-state index in [1.807, 2.05) is 12.1 Å². The molecular weight excluding hydrogens is 597 g/mol. The SMILES string of the molecule is [2H]c1c([2H])c([2H])c(-c2c([2H])c([2H])c(-c3ccc4oc5c(-c6cccc(-c7ccc8c9ccccc9c9ccccc9c8c7)c6)ncnc5c4c3)c([2H])c2[2H])c([2H])c1[2H]. The van der Waals surface area contributed by atoms with Crippen LogP contribution in [0.2, 0.25) is 0 Å². The van der Waals surface area contributed by atoms with E-state index in [4.69, 9.17) is 16.8 Å². The van der Waals surface area contributed by atoms with E-state index in [0.717, 1.165) is 16.7 Å². The first-order chi connectivity index (χ1) is 28.0. The summed E-state index contributed by atoms with van der Waals surface area (Å²) in [6.07, 6.45) is 1.46. The average molecular weight is 634 g/mol. The van der Waals surface area contributed by atoms with Gasteiger partial charge in [0.05, 0.1) is 12.3 Å². The van der Waals surface area contributed by atoms with Crippen molar-refractivity contribution < 1.29 is 16.8 Å². The summed E-state index contributed by atoms with van der Waals surface area (Å²) in [5, 5.41) is 7.75. The fourth-order valence-electron chi connectivity index (χ4n) is 6.83. The van der Waals surface area contributed by atoms with Crippen molar-refractivity contribution in [2.45, 2.75) is 0 Å². The predicted octanol–water partition coefficient (Wildman–Crippen LogP) is 12.5. The van der Waals surface area contributed by atoms with Gasteiger partial charge >= 0.3 is 0 Å². The first kappa shape index (κ1) is 19.9. The summed E-state index contributed by atoms with van der Waals surface area (Å²) in [6, 6.07) is 31.7. The normalized spacial score (nSPS) is 14.2. The Balaban J connectivity index is 1.08. The largest absolute Gasteiger partial charge is 0.452 e. The van der Waals surface area contributed by atoms with Crippen molar-refractivity contribution >= 4 is 54.4 Å². The van der Waals surface area contributed by atoms with Gasteiger partial charge < -0.3 is 4.42 Å². The third-order valence-corrected chi connectivity index (χ3v) is 9.13. The van der Waals surface area contributed by atoms with E-state index in [9.17, 15) is 0 Å². The Morgan fingerprint density at radius 2 is 0.959 bits per heavy atom. The van der Waals surface area contributed by atoms with E-state index in [2.05, 4.69) is 88.8 Å². The Kier molecular flexibility index (Phi) is 4.48. The molecule has 10 aromatic rings. The second-order valence-corrected chi connectivity index (χ2v) is 11.9. The molecule has 0 atom stereocenters. The summed E-state index contributed by atoms with van der Waals surface area (Å²) in [4.78, 5) is 9.22. The van der Waals surface area contributed by atoms with Crippen molar-refractivity contribution in [1.82, 2.24) is 9.97 Å². The average Bonchev–Trinajstić information content (AvgIpc) is 3.64. The minimum atomic E-state index is -0.626. The molecule has 0 aliphatic carbocycles. The molecule has 0 bridgehead atoms. The van der Waals surface area contributed by atoms with Crippen LogP contribution < -0.4 is 0 Å². The molecule has 10 rings (SSSR count). The van der Waals surface area contributed by atoms with Crippen molar-refractivity contribution in [3.05, 3.63) is 170 Å². The number of hydrogen-bond acceptors (Lipinski definition) is 3. The zero-order chi connectivity index (χ0) is 40.1. The molecule has 2 aromatic heterocycles. The number of aromatic nitrogens is 2. The standard InChI is InChI=1S/C46H28N2O/c1-2-9-29(10-3-1)30-17-19-31(20-18-30)33-22-24-43-42(27-33)45-46(49-43)44(47-28-48-45)35-12-8-11-32(25-35)34-21-23-40-38-15-5-4-13-36(38)37-14-6-7-16-39(37)41(40)26-34/h1-28H/i1D,2D,3D,9D,10D,17D,18D,19D,20D. The van der Waals surface area contributed by atoms with E-state index < -0.39 is 54.4 Å². The molecule has 3 heteroatoms. The first-order valence-corrected chi connectivity index (χ1v) is 15.8. The zero-order valence-corrected chi connectivity index (χ0v) is 25.8. The first-order valence-electron chi connectivity index (χ1n) is 20.3. The van der Waals surface area contributed by atoms with Crippen LogP contribution in [0.4, 0.5) is 0 Å². The van der Waals surface area contributed by atoms with Crippen LogP contribution in [0, 0.1) is 0 Å². The third-order valence-electron chi connectivity index (χ3n) is 9.13. The van der Waals surface area contributed by atoms with Gasteiger partial charge in [-0.1, -0.05) is 139 Å². The zero-order valence-electron chi connectivity index (χ0n) is 34.8. The molecule has 2 heterocycles. The van der Waals surface area contributed by atoms with E-state index in [1.165, 1.54) is 38.6 Å². The van der Waals surface area contributed by atoms with Gasteiger partial charge in [0.25, 0.3) is 0 Å². The summed E-state index contributed by atoms with van der Waals surface area (Å²) in [6.45, 7) is 0. The lowest BCUT2D eigenvalue weighted by atomic mass is 9.91. The van der Waals surface area contributed by atoms with Crippen molar-refractivity contribution in [3.63, 3.8) is 0 Å². The Bertz CT molecular complexity index is 3320. The molecule has 0 fully saturated rings. The number of benzene rings is 8. The Morgan fingerprint density at radius 1 is 0.408 bits per heavy atom. The number of rotatable bonds is 4. The highest BCUT2D eigenvalue weighted by molar-refractivity contribution is 6.25. The molecule has 8 aromatic carbocycles. The van der Waals surface area contributed by atoms with Gasteiger partial charge in [-0.3, -0.25) is 0 Å². The molecule has 0 unspecified atom stereocenters. The number of furan rings is 1. The Hall–Kier alpha value is -6.58. The highest BCUT2D eigenvalue weighted by Crippen LogP contribution is 2.39. The van der Waals surface area contributed by atoms with Gasteiger partial charge in [0.15, 0.2) is 5.58 Å². The van der Waals surface area contributed by atoms with Crippen LogP contribution in [-0.2, 0) is 0 Å². The van der Waals surface area contributed by atoms with E-state index >= 15 is 0 Å². The lowest BCUT2D eigenvalue weighted by Gasteiger charge is -2.12. The number of nitrogens with zero attached hydrogens (tertiary/aromatic N) is 2. The maximum Gasteiger partial charge on any atom is 0.180 e. The van der Waals surface area contributed by atoms with Crippen molar-refractivity contribution in [2.75, 3.05) is 0 Å². The molecule has 49 heavy (non-hydrogen) atoms. The maximum atomic E-state index is 8.95. The van der Waals surface area contributed by atoms with Crippen LogP contribution >= 0.6 is 0 Å². The summed E-state index contributed by atoms with van der Waals surface area (Å²) in [5.41, 5.74) is 4.46. The monoisotopic (exact) mass is 633 g/mol. The highest BCUT2D eigenvalue weighted by atomic mass is 16.3. The van der Waals surface area contributed by atoms with Crippen LogP contribution in [0.1, 0.15) is 12.3 Å². The quantitative estimate of drug-likeness (QED) is 0.181. The third kappa shape index (κ3) is 4.51. The van der Waals surface area contributed by atoms with Gasteiger partial charge in [0.2, 0.25) is 0 Å². The molecule has 228 valence electrons. The molecule has 0 spiro atoms. The maximum absolute atomic E-state index is 8.95. The lowest BCUT2D eigenvalue weighted by molar-refractivity contribution is 0.667. The molecule has 0 radical (unpaired) electrons. The molecule has 0 N–H and O–H groups in total. The van der Waals surface area contributed by atoms with Crippen molar-refractivity contribution in [1.29, 1.82) is 0 Å². The summed E-state index contributed by atoms with van der Waals surface area (Å²) < 4.78 is 82.9. The van der Waals surface area contributed by atoms with Gasteiger partial charge in [-0.05, 0) is 90.0 Å². The molecular formula is C46H28N2O. The second-order valence-electron chi connectivity index (χ2n) is 11.9. The second kappa shape index (κ2) is 11.0. The smallest absolute Gasteiger partial charge is 0.180 e. The minimum absolute atomic E-state index is 0.0134. The molecule has 0 aliphatic heterocycles. The Morgan fingerprint density at radius 3 is 1.69 bits per heavy atom.